The van der Waals surface area contributed by atoms with Gasteiger partial charge in [-0.3, -0.25) is 4.79 Å². The van der Waals surface area contributed by atoms with E-state index in [0.717, 1.165) is 30.6 Å². The first-order valence-electron chi connectivity index (χ1n) is 11.6. The lowest BCUT2D eigenvalue weighted by Gasteiger charge is -2.42. The lowest BCUT2D eigenvalue weighted by atomic mass is 9.83. The fourth-order valence-corrected chi connectivity index (χ4v) is 6.43. The van der Waals surface area contributed by atoms with Crippen molar-refractivity contribution in [2.75, 3.05) is 13.1 Å². The molecule has 0 spiro atoms. The van der Waals surface area contributed by atoms with Crippen LogP contribution in [0.2, 0.25) is 5.02 Å². The SMILES string of the molecule is CCC1(CC)C[C@@H](NC(=O)C2CCN(S(=O)(=O)c3ccc(Cl)cc3)CC2)c2ccccc2O1. The van der Waals surface area contributed by atoms with E-state index in [0.29, 0.717) is 31.0 Å². The number of nitrogens with one attached hydrogen (secondary N) is 1. The number of fused-ring (bicyclic) bond motifs is 1. The number of nitrogens with zero attached hydrogens (tertiary/aromatic N) is 1. The molecule has 8 heteroatoms. The molecule has 1 fully saturated rings. The number of carbonyl (C=O) groups excluding carboxylic acids is 1. The van der Waals surface area contributed by atoms with E-state index in [9.17, 15) is 13.2 Å². The first kappa shape index (κ1) is 24.0. The summed E-state index contributed by atoms with van der Waals surface area (Å²) in [6, 6.07) is 14.0. The van der Waals surface area contributed by atoms with Gasteiger partial charge in [0.2, 0.25) is 15.9 Å². The first-order chi connectivity index (χ1) is 15.8. The number of para-hydroxylation sites is 1. The van der Waals surface area contributed by atoms with Gasteiger partial charge in [-0.2, -0.15) is 4.31 Å². The lowest BCUT2D eigenvalue weighted by molar-refractivity contribution is -0.127. The maximum Gasteiger partial charge on any atom is 0.243 e. The lowest BCUT2D eigenvalue weighted by Crippen LogP contribution is -2.47. The minimum Gasteiger partial charge on any atom is -0.487 e. The van der Waals surface area contributed by atoms with Crippen LogP contribution in [-0.2, 0) is 14.8 Å². The molecule has 0 aliphatic carbocycles. The van der Waals surface area contributed by atoms with Crippen LogP contribution in [0.5, 0.6) is 5.75 Å². The van der Waals surface area contributed by atoms with Gasteiger partial charge in [-0.15, -0.1) is 0 Å². The van der Waals surface area contributed by atoms with Gasteiger partial charge in [0, 0.05) is 36.0 Å². The molecular formula is C25H31ClN2O4S. The number of rotatable bonds is 6. The maximum atomic E-state index is 13.2. The Morgan fingerprint density at radius 2 is 1.73 bits per heavy atom. The highest BCUT2D eigenvalue weighted by Gasteiger charge is 2.40. The van der Waals surface area contributed by atoms with Crippen molar-refractivity contribution in [2.24, 2.45) is 5.92 Å². The Hall–Kier alpha value is -2.09. The number of sulfonamides is 1. The molecule has 33 heavy (non-hydrogen) atoms. The highest BCUT2D eigenvalue weighted by Crippen LogP contribution is 2.42. The van der Waals surface area contributed by atoms with Gasteiger partial charge in [0.15, 0.2) is 0 Å². The van der Waals surface area contributed by atoms with Gasteiger partial charge in [0.05, 0.1) is 10.9 Å². The third-order valence-electron chi connectivity index (χ3n) is 7.08. The van der Waals surface area contributed by atoms with Crippen LogP contribution in [0.4, 0.5) is 0 Å². The van der Waals surface area contributed by atoms with Gasteiger partial charge in [-0.1, -0.05) is 43.6 Å². The minimum atomic E-state index is -3.59. The Labute approximate surface area is 201 Å². The van der Waals surface area contributed by atoms with Gasteiger partial charge in [-0.05, 0) is 56.0 Å². The van der Waals surface area contributed by atoms with Crippen molar-refractivity contribution in [1.82, 2.24) is 9.62 Å². The second-order valence-electron chi connectivity index (χ2n) is 8.93. The van der Waals surface area contributed by atoms with Crippen molar-refractivity contribution >= 4 is 27.5 Å². The van der Waals surface area contributed by atoms with E-state index >= 15 is 0 Å². The second kappa shape index (κ2) is 9.65. The molecule has 2 aromatic rings. The molecule has 0 radical (unpaired) electrons. The van der Waals surface area contributed by atoms with Gasteiger partial charge in [0.1, 0.15) is 11.4 Å². The Morgan fingerprint density at radius 1 is 1.09 bits per heavy atom. The average molecular weight is 491 g/mol. The molecule has 0 aromatic heterocycles. The zero-order chi connectivity index (χ0) is 23.6. The fraction of sp³-hybridized carbons (Fsp3) is 0.480. The van der Waals surface area contributed by atoms with Crippen molar-refractivity contribution in [3.63, 3.8) is 0 Å². The Kier molecular flexibility index (Phi) is 7.03. The zero-order valence-electron chi connectivity index (χ0n) is 19.1. The molecule has 2 aliphatic heterocycles. The van der Waals surface area contributed by atoms with Gasteiger partial charge < -0.3 is 10.1 Å². The molecular weight excluding hydrogens is 460 g/mol. The number of amides is 1. The summed E-state index contributed by atoms with van der Waals surface area (Å²) in [6.45, 7) is 4.88. The van der Waals surface area contributed by atoms with E-state index in [1.165, 1.54) is 16.4 Å². The average Bonchev–Trinajstić information content (AvgIpc) is 2.84. The molecule has 1 atom stereocenters. The predicted molar refractivity (Wildman–Crippen MR) is 129 cm³/mol. The molecule has 2 aromatic carbocycles. The van der Waals surface area contributed by atoms with Crippen LogP contribution >= 0.6 is 11.6 Å². The summed E-state index contributed by atoms with van der Waals surface area (Å²) in [7, 11) is -3.59. The quantitative estimate of drug-likeness (QED) is 0.622. The largest absolute Gasteiger partial charge is 0.487 e. The molecule has 0 bridgehead atoms. The van der Waals surface area contributed by atoms with Gasteiger partial charge >= 0.3 is 0 Å². The van der Waals surface area contributed by atoms with Crippen molar-refractivity contribution in [2.45, 2.75) is 62.5 Å². The number of piperidine rings is 1. The standard InChI is InChI=1S/C25H31ClN2O4S/c1-3-25(4-2)17-22(21-7-5-6-8-23(21)32-25)27-24(29)18-13-15-28(16-14-18)33(30,31)20-11-9-19(26)10-12-20/h5-12,18,22H,3-4,13-17H2,1-2H3,(H,27,29)/t22-/m1/s1. The van der Waals surface area contributed by atoms with Crippen LogP contribution < -0.4 is 10.1 Å². The highest BCUT2D eigenvalue weighted by atomic mass is 35.5. The van der Waals surface area contributed by atoms with E-state index in [1.54, 1.807) is 12.1 Å². The number of halogens is 1. The van der Waals surface area contributed by atoms with Crippen molar-refractivity contribution < 1.29 is 17.9 Å². The topological polar surface area (TPSA) is 75.7 Å². The summed E-state index contributed by atoms with van der Waals surface area (Å²) in [5, 5.41) is 3.75. The third-order valence-corrected chi connectivity index (χ3v) is 9.24. The molecule has 2 heterocycles. The smallest absolute Gasteiger partial charge is 0.243 e. The van der Waals surface area contributed by atoms with Gasteiger partial charge in [0.25, 0.3) is 0 Å². The summed E-state index contributed by atoms with van der Waals surface area (Å²) in [4.78, 5) is 13.4. The van der Waals surface area contributed by atoms with Gasteiger partial charge in [-0.25, -0.2) is 8.42 Å². The Bertz CT molecular complexity index is 1090. The molecule has 1 saturated heterocycles. The number of benzene rings is 2. The van der Waals surface area contributed by atoms with Crippen LogP contribution in [0.15, 0.2) is 53.4 Å². The normalized spacial score (nSPS) is 21.1. The zero-order valence-corrected chi connectivity index (χ0v) is 20.7. The fourth-order valence-electron chi connectivity index (χ4n) is 4.83. The number of hydrogen-bond acceptors (Lipinski definition) is 4. The Balaban J connectivity index is 1.42. The van der Waals surface area contributed by atoms with Crippen LogP contribution in [-0.4, -0.2) is 37.3 Å². The predicted octanol–water partition coefficient (Wildman–Crippen LogP) is 4.94. The minimum absolute atomic E-state index is 0.0126. The van der Waals surface area contributed by atoms with E-state index in [-0.39, 0.29) is 28.4 Å². The molecule has 6 nitrogen and oxygen atoms in total. The van der Waals surface area contributed by atoms with Crippen molar-refractivity contribution in [3.05, 3.63) is 59.1 Å². The Morgan fingerprint density at radius 3 is 2.36 bits per heavy atom. The first-order valence-corrected chi connectivity index (χ1v) is 13.4. The van der Waals surface area contributed by atoms with Crippen molar-refractivity contribution in [3.8, 4) is 5.75 Å². The number of ether oxygens (including phenoxy) is 1. The van der Waals surface area contributed by atoms with E-state index in [2.05, 4.69) is 19.2 Å². The summed E-state index contributed by atoms with van der Waals surface area (Å²) in [5.41, 5.74) is 0.716. The van der Waals surface area contributed by atoms with E-state index < -0.39 is 10.0 Å². The van der Waals surface area contributed by atoms with Crippen LogP contribution in [0.25, 0.3) is 0 Å². The molecule has 0 saturated carbocycles. The maximum absolute atomic E-state index is 13.2. The summed E-state index contributed by atoms with van der Waals surface area (Å²) in [5.74, 6) is 0.609. The second-order valence-corrected chi connectivity index (χ2v) is 11.3. The van der Waals surface area contributed by atoms with Crippen molar-refractivity contribution in [1.29, 1.82) is 0 Å². The van der Waals surface area contributed by atoms with Crippen LogP contribution in [0.3, 0.4) is 0 Å². The third kappa shape index (κ3) is 4.91. The number of carbonyl (C=O) groups is 1. The molecule has 1 amide bonds. The monoisotopic (exact) mass is 490 g/mol. The molecule has 1 N–H and O–H groups in total. The van der Waals surface area contributed by atoms with Crippen LogP contribution in [0.1, 0.15) is 57.6 Å². The summed E-state index contributed by atoms with van der Waals surface area (Å²) >= 11 is 5.89. The highest BCUT2D eigenvalue weighted by molar-refractivity contribution is 7.89. The summed E-state index contributed by atoms with van der Waals surface area (Å²) < 4.78 is 33.7. The van der Waals surface area contributed by atoms with E-state index in [1.807, 2.05) is 24.3 Å². The molecule has 0 unspecified atom stereocenters. The number of hydrogen-bond donors (Lipinski definition) is 1. The molecule has 4 rings (SSSR count). The van der Waals surface area contributed by atoms with E-state index in [4.69, 9.17) is 16.3 Å². The van der Waals surface area contributed by atoms with Crippen LogP contribution in [0, 0.1) is 5.92 Å². The summed E-state index contributed by atoms with van der Waals surface area (Å²) in [6.07, 6.45) is 3.45. The molecule has 2 aliphatic rings. The molecule has 178 valence electrons.